The Balaban J connectivity index is 2.16. The Labute approximate surface area is 112 Å². The van der Waals surface area contributed by atoms with Gasteiger partial charge in [0.25, 0.3) is 0 Å². The second-order valence-electron chi connectivity index (χ2n) is 3.94. The highest BCUT2D eigenvalue weighted by Crippen LogP contribution is 2.19. The first-order valence-electron chi connectivity index (χ1n) is 6.04. The summed E-state index contributed by atoms with van der Waals surface area (Å²) in [5, 5.41) is 0. The second kappa shape index (κ2) is 6.00. The molecule has 1 aromatic heterocycles. The first kappa shape index (κ1) is 13.1. The van der Waals surface area contributed by atoms with E-state index in [4.69, 9.17) is 9.47 Å². The van der Waals surface area contributed by atoms with Gasteiger partial charge >= 0.3 is 5.97 Å². The van der Waals surface area contributed by atoms with Gasteiger partial charge in [0.2, 0.25) is 5.88 Å². The predicted molar refractivity (Wildman–Crippen MR) is 71.6 cm³/mol. The van der Waals surface area contributed by atoms with Crippen molar-refractivity contribution in [3.8, 4) is 11.6 Å². The van der Waals surface area contributed by atoms with Crippen LogP contribution in [-0.2, 0) is 6.42 Å². The highest BCUT2D eigenvalue weighted by Gasteiger charge is 2.11. The van der Waals surface area contributed by atoms with Crippen molar-refractivity contribution in [3.05, 3.63) is 53.7 Å². The van der Waals surface area contributed by atoms with Gasteiger partial charge < -0.3 is 9.47 Å². The van der Waals surface area contributed by atoms with Gasteiger partial charge in [-0.2, -0.15) is 0 Å². The lowest BCUT2D eigenvalue weighted by Gasteiger charge is -2.08. The van der Waals surface area contributed by atoms with Gasteiger partial charge in [-0.1, -0.05) is 25.1 Å². The molecule has 19 heavy (non-hydrogen) atoms. The highest BCUT2D eigenvalue weighted by molar-refractivity contribution is 5.90. The number of para-hydroxylation sites is 1. The minimum atomic E-state index is -0.420. The molecule has 0 spiro atoms. The third-order valence-corrected chi connectivity index (χ3v) is 2.74. The lowest BCUT2D eigenvalue weighted by atomic mass is 10.1. The van der Waals surface area contributed by atoms with Crippen molar-refractivity contribution in [2.75, 3.05) is 7.11 Å². The van der Waals surface area contributed by atoms with Gasteiger partial charge in [-0.15, -0.1) is 0 Å². The van der Waals surface area contributed by atoms with E-state index >= 15 is 0 Å². The number of rotatable bonds is 4. The third kappa shape index (κ3) is 3.10. The number of methoxy groups -OCH3 is 1. The molecule has 4 nitrogen and oxygen atoms in total. The van der Waals surface area contributed by atoms with Crippen LogP contribution in [0, 0.1) is 0 Å². The average molecular weight is 257 g/mol. The maximum absolute atomic E-state index is 12.0. The first-order chi connectivity index (χ1) is 9.24. The Morgan fingerprint density at radius 2 is 2.00 bits per heavy atom. The molecule has 0 atom stereocenters. The van der Waals surface area contributed by atoms with Crippen LogP contribution in [0.1, 0.15) is 22.8 Å². The van der Waals surface area contributed by atoms with Crippen LogP contribution in [0.3, 0.4) is 0 Å². The van der Waals surface area contributed by atoms with Crippen LogP contribution >= 0.6 is 0 Å². The van der Waals surface area contributed by atoms with Gasteiger partial charge in [-0.05, 0) is 24.1 Å². The number of hydrogen-bond donors (Lipinski definition) is 0. The van der Waals surface area contributed by atoms with Gasteiger partial charge in [-0.3, -0.25) is 0 Å². The van der Waals surface area contributed by atoms with Crippen molar-refractivity contribution in [2.24, 2.45) is 0 Å². The first-order valence-corrected chi connectivity index (χ1v) is 6.04. The second-order valence-corrected chi connectivity index (χ2v) is 3.94. The van der Waals surface area contributed by atoms with Crippen LogP contribution in [0.5, 0.6) is 11.6 Å². The normalized spacial score (nSPS) is 10.0. The van der Waals surface area contributed by atoms with Gasteiger partial charge in [-0.25, -0.2) is 9.78 Å². The lowest BCUT2D eigenvalue weighted by Crippen LogP contribution is -2.10. The Bertz CT molecular complexity index is 564. The molecule has 1 aromatic carbocycles. The molecule has 0 aliphatic rings. The van der Waals surface area contributed by atoms with Crippen LogP contribution < -0.4 is 9.47 Å². The fourth-order valence-electron chi connectivity index (χ4n) is 1.68. The summed E-state index contributed by atoms with van der Waals surface area (Å²) in [6.45, 7) is 2.02. The summed E-state index contributed by atoms with van der Waals surface area (Å²) < 4.78 is 10.3. The van der Waals surface area contributed by atoms with Crippen molar-refractivity contribution in [1.82, 2.24) is 4.98 Å². The molecule has 0 radical (unpaired) electrons. The van der Waals surface area contributed by atoms with E-state index < -0.39 is 5.97 Å². The minimum absolute atomic E-state index is 0.395. The number of pyridine rings is 1. The quantitative estimate of drug-likeness (QED) is 0.624. The zero-order chi connectivity index (χ0) is 13.7. The number of carbonyl (C=O) groups excluding carboxylic acids is 1. The zero-order valence-electron chi connectivity index (χ0n) is 10.9. The van der Waals surface area contributed by atoms with Crippen molar-refractivity contribution < 1.29 is 14.3 Å². The molecule has 0 fully saturated rings. The van der Waals surface area contributed by atoms with Crippen LogP contribution in [0.2, 0.25) is 0 Å². The van der Waals surface area contributed by atoms with Gasteiger partial charge in [0.15, 0.2) is 0 Å². The third-order valence-electron chi connectivity index (χ3n) is 2.74. The number of benzene rings is 1. The van der Waals surface area contributed by atoms with Gasteiger partial charge in [0.1, 0.15) is 5.75 Å². The van der Waals surface area contributed by atoms with Crippen LogP contribution in [0.25, 0.3) is 0 Å². The Hall–Kier alpha value is -2.36. The van der Waals surface area contributed by atoms with E-state index in [2.05, 4.69) is 4.98 Å². The summed E-state index contributed by atoms with van der Waals surface area (Å²) in [7, 11) is 1.53. The molecule has 0 bridgehead atoms. The van der Waals surface area contributed by atoms with Gasteiger partial charge in [0.05, 0.1) is 12.7 Å². The largest absolute Gasteiger partial charge is 0.481 e. The maximum atomic E-state index is 12.0. The van der Waals surface area contributed by atoms with E-state index in [0.717, 1.165) is 12.0 Å². The van der Waals surface area contributed by atoms with Crippen molar-refractivity contribution >= 4 is 5.97 Å². The van der Waals surface area contributed by atoms with E-state index in [1.54, 1.807) is 18.2 Å². The number of hydrogen-bond acceptors (Lipinski definition) is 4. The SMILES string of the molecule is CCc1ccccc1OC(=O)c1ccc(OC)nc1. The summed E-state index contributed by atoms with van der Waals surface area (Å²) in [5.41, 5.74) is 1.39. The lowest BCUT2D eigenvalue weighted by molar-refractivity contribution is 0.0732. The molecular weight excluding hydrogens is 242 g/mol. The van der Waals surface area contributed by atoms with Crippen LogP contribution in [0.4, 0.5) is 0 Å². The number of esters is 1. The van der Waals surface area contributed by atoms with Crippen LogP contribution in [0.15, 0.2) is 42.6 Å². The molecule has 2 rings (SSSR count). The smallest absolute Gasteiger partial charge is 0.345 e. The highest BCUT2D eigenvalue weighted by atomic mass is 16.5. The van der Waals surface area contributed by atoms with Crippen molar-refractivity contribution in [2.45, 2.75) is 13.3 Å². The van der Waals surface area contributed by atoms with Gasteiger partial charge in [0, 0.05) is 12.3 Å². The van der Waals surface area contributed by atoms with E-state index in [-0.39, 0.29) is 0 Å². The van der Waals surface area contributed by atoms with Crippen molar-refractivity contribution in [1.29, 1.82) is 0 Å². The molecular formula is C15H15NO3. The van der Waals surface area contributed by atoms with Crippen LogP contribution in [-0.4, -0.2) is 18.1 Å². The monoisotopic (exact) mass is 257 g/mol. The van der Waals surface area contributed by atoms with E-state index in [0.29, 0.717) is 17.2 Å². The van der Waals surface area contributed by atoms with Crippen molar-refractivity contribution in [3.63, 3.8) is 0 Å². The number of ether oxygens (including phenoxy) is 2. The Morgan fingerprint density at radius 3 is 2.63 bits per heavy atom. The predicted octanol–water partition coefficient (Wildman–Crippen LogP) is 2.87. The summed E-state index contributed by atoms with van der Waals surface area (Å²) in [6, 6.07) is 10.7. The molecule has 0 saturated heterocycles. The Morgan fingerprint density at radius 1 is 1.21 bits per heavy atom. The summed E-state index contributed by atoms with van der Waals surface area (Å²) in [4.78, 5) is 16.0. The summed E-state index contributed by atoms with van der Waals surface area (Å²) in [5.74, 6) is 0.632. The molecule has 1 heterocycles. The molecule has 0 N–H and O–H groups in total. The molecule has 98 valence electrons. The fourth-order valence-corrected chi connectivity index (χ4v) is 1.68. The number of aryl methyl sites for hydroxylation is 1. The average Bonchev–Trinajstić information content (AvgIpc) is 2.48. The number of carbonyl (C=O) groups is 1. The molecule has 0 saturated carbocycles. The minimum Gasteiger partial charge on any atom is -0.481 e. The molecule has 0 unspecified atom stereocenters. The number of aromatic nitrogens is 1. The topological polar surface area (TPSA) is 48.4 Å². The molecule has 0 aliphatic heterocycles. The fraction of sp³-hybridized carbons (Fsp3) is 0.200. The molecule has 4 heteroatoms. The Kier molecular flexibility index (Phi) is 4.13. The standard InChI is InChI=1S/C15H15NO3/c1-3-11-6-4-5-7-13(11)19-15(17)12-8-9-14(18-2)16-10-12/h4-10H,3H2,1-2H3. The van der Waals surface area contributed by atoms with E-state index in [9.17, 15) is 4.79 Å². The van der Waals surface area contributed by atoms with E-state index in [1.807, 2.05) is 25.1 Å². The molecule has 2 aromatic rings. The maximum Gasteiger partial charge on any atom is 0.345 e. The number of nitrogens with zero attached hydrogens (tertiary/aromatic N) is 1. The molecule has 0 aliphatic carbocycles. The van der Waals surface area contributed by atoms with E-state index in [1.165, 1.54) is 13.3 Å². The summed E-state index contributed by atoms with van der Waals surface area (Å²) >= 11 is 0. The summed E-state index contributed by atoms with van der Waals surface area (Å²) in [6.07, 6.45) is 2.25. The zero-order valence-corrected chi connectivity index (χ0v) is 10.9. The molecule has 0 amide bonds.